The van der Waals surface area contributed by atoms with Crippen molar-refractivity contribution in [1.29, 1.82) is 0 Å². The molecule has 0 aliphatic heterocycles. The van der Waals surface area contributed by atoms with Gasteiger partial charge in [-0.25, -0.2) is 0 Å². The number of hydrogen-bond acceptors (Lipinski definition) is 4. The number of nitro benzene ring substituents is 1. The minimum atomic E-state index is -1.98. The van der Waals surface area contributed by atoms with E-state index in [9.17, 15) is 14.9 Å². The van der Waals surface area contributed by atoms with Crippen LogP contribution in [0.5, 0.6) is 5.75 Å². The maximum absolute atomic E-state index is 10.6. The molecule has 0 aromatic heterocycles. The predicted octanol–water partition coefficient (Wildman–Crippen LogP) is 4.73. The summed E-state index contributed by atoms with van der Waals surface area (Å²) in [7, 11) is -1.98. The molecule has 0 saturated carbocycles. The predicted molar refractivity (Wildman–Crippen MR) is 103 cm³/mol. The van der Waals surface area contributed by atoms with E-state index >= 15 is 0 Å². The molecule has 2 rings (SSSR count). The van der Waals surface area contributed by atoms with E-state index in [-0.39, 0.29) is 5.69 Å². The van der Waals surface area contributed by atoms with Crippen LogP contribution in [0.15, 0.2) is 48.5 Å². The largest absolute Gasteiger partial charge is 0.494 e. The van der Waals surface area contributed by atoms with Crippen LogP contribution in [0.2, 0.25) is 19.1 Å². The standard InChI is InChI=1S/C19H23NO4Si/c1-25(2,23)15-3-14-24-19-12-8-17(9-13-19)5-4-16-6-10-18(11-7-16)20(21)22/h4-13,23H,3,14-15H2,1-2H3. The first-order valence-corrected chi connectivity index (χ1v) is 11.4. The van der Waals surface area contributed by atoms with Crippen molar-refractivity contribution in [3.8, 4) is 5.75 Å². The maximum atomic E-state index is 10.6. The molecule has 2 aromatic rings. The highest BCUT2D eigenvalue weighted by Crippen LogP contribution is 2.17. The Hall–Kier alpha value is -2.44. The van der Waals surface area contributed by atoms with Crippen LogP contribution in [0.3, 0.4) is 0 Å². The molecule has 0 spiro atoms. The highest BCUT2D eigenvalue weighted by Gasteiger charge is 2.15. The summed E-state index contributed by atoms with van der Waals surface area (Å²) in [6.07, 6.45) is 4.72. The third kappa shape index (κ3) is 6.90. The van der Waals surface area contributed by atoms with Crippen LogP contribution < -0.4 is 4.74 Å². The summed E-state index contributed by atoms with van der Waals surface area (Å²) in [6, 6.07) is 15.0. The quantitative estimate of drug-likeness (QED) is 0.244. The average molecular weight is 357 g/mol. The van der Waals surface area contributed by atoms with Gasteiger partial charge in [-0.05, 0) is 61.0 Å². The van der Waals surface area contributed by atoms with Crippen molar-refractivity contribution in [1.82, 2.24) is 0 Å². The molecule has 5 nitrogen and oxygen atoms in total. The van der Waals surface area contributed by atoms with Crippen molar-refractivity contribution in [3.63, 3.8) is 0 Å². The highest BCUT2D eigenvalue weighted by molar-refractivity contribution is 6.69. The fourth-order valence-corrected chi connectivity index (χ4v) is 3.28. The molecule has 0 bridgehead atoms. The van der Waals surface area contributed by atoms with E-state index in [1.165, 1.54) is 12.1 Å². The second-order valence-electron chi connectivity index (χ2n) is 6.52. The van der Waals surface area contributed by atoms with Gasteiger partial charge in [-0.3, -0.25) is 10.1 Å². The molecular formula is C19H23NO4Si. The van der Waals surface area contributed by atoms with Crippen LogP contribution in [0.4, 0.5) is 5.69 Å². The van der Waals surface area contributed by atoms with Gasteiger partial charge in [0, 0.05) is 12.1 Å². The average Bonchev–Trinajstić information content (AvgIpc) is 2.57. The molecule has 0 fully saturated rings. The lowest BCUT2D eigenvalue weighted by Crippen LogP contribution is -2.24. The van der Waals surface area contributed by atoms with Gasteiger partial charge >= 0.3 is 0 Å². The second-order valence-corrected chi connectivity index (χ2v) is 10.6. The molecular weight excluding hydrogens is 334 g/mol. The smallest absolute Gasteiger partial charge is 0.269 e. The van der Waals surface area contributed by atoms with E-state index in [4.69, 9.17) is 4.74 Å². The zero-order valence-corrected chi connectivity index (χ0v) is 15.5. The molecule has 132 valence electrons. The SMILES string of the molecule is C[Si](C)(O)CCCOc1ccc(C=Cc2ccc([N+](=O)[O-])cc2)cc1. The maximum Gasteiger partial charge on any atom is 0.269 e. The van der Waals surface area contributed by atoms with E-state index in [1.807, 2.05) is 49.5 Å². The van der Waals surface area contributed by atoms with Crippen LogP contribution in [0, 0.1) is 10.1 Å². The molecule has 2 aromatic carbocycles. The molecule has 0 radical (unpaired) electrons. The summed E-state index contributed by atoms with van der Waals surface area (Å²) in [5.74, 6) is 0.810. The van der Waals surface area contributed by atoms with Crippen molar-refractivity contribution in [3.05, 3.63) is 69.8 Å². The van der Waals surface area contributed by atoms with Crippen LogP contribution >= 0.6 is 0 Å². The fraction of sp³-hybridized carbons (Fsp3) is 0.263. The number of ether oxygens (including phenoxy) is 1. The molecule has 0 saturated heterocycles. The normalized spacial score (nSPS) is 11.6. The summed E-state index contributed by atoms with van der Waals surface area (Å²) in [5.41, 5.74) is 2.02. The van der Waals surface area contributed by atoms with Gasteiger partial charge in [0.05, 0.1) is 11.5 Å². The lowest BCUT2D eigenvalue weighted by Gasteiger charge is -2.13. The summed E-state index contributed by atoms with van der Waals surface area (Å²) in [5, 5.41) is 10.6. The van der Waals surface area contributed by atoms with E-state index in [0.29, 0.717) is 6.61 Å². The van der Waals surface area contributed by atoms with Crippen LogP contribution in [-0.2, 0) is 0 Å². The van der Waals surface area contributed by atoms with Crippen molar-refractivity contribution < 1.29 is 14.5 Å². The topological polar surface area (TPSA) is 72.6 Å². The molecule has 0 unspecified atom stereocenters. The van der Waals surface area contributed by atoms with Crippen molar-refractivity contribution in [2.24, 2.45) is 0 Å². The zero-order valence-electron chi connectivity index (χ0n) is 14.5. The van der Waals surface area contributed by atoms with E-state index in [1.54, 1.807) is 12.1 Å². The Morgan fingerprint density at radius 1 is 1.04 bits per heavy atom. The first-order chi connectivity index (χ1) is 11.8. The van der Waals surface area contributed by atoms with E-state index < -0.39 is 13.2 Å². The summed E-state index contributed by atoms with van der Waals surface area (Å²) >= 11 is 0. The summed E-state index contributed by atoms with van der Waals surface area (Å²) < 4.78 is 5.68. The van der Waals surface area contributed by atoms with Crippen LogP contribution in [0.25, 0.3) is 12.2 Å². The lowest BCUT2D eigenvalue weighted by molar-refractivity contribution is -0.384. The van der Waals surface area contributed by atoms with E-state index in [2.05, 4.69) is 0 Å². The zero-order chi connectivity index (χ0) is 18.3. The summed E-state index contributed by atoms with van der Waals surface area (Å²) in [4.78, 5) is 20.0. The Labute approximate surface area is 148 Å². The van der Waals surface area contributed by atoms with Crippen molar-refractivity contribution in [2.45, 2.75) is 25.6 Å². The molecule has 0 aliphatic rings. The Morgan fingerprint density at radius 2 is 1.56 bits per heavy atom. The Morgan fingerprint density at radius 3 is 2.04 bits per heavy atom. The molecule has 1 N–H and O–H groups in total. The third-order valence-corrected chi connectivity index (χ3v) is 5.23. The van der Waals surface area contributed by atoms with Gasteiger partial charge in [0.15, 0.2) is 8.32 Å². The monoisotopic (exact) mass is 357 g/mol. The van der Waals surface area contributed by atoms with Crippen molar-refractivity contribution >= 4 is 26.2 Å². The minimum absolute atomic E-state index is 0.0888. The Balaban J connectivity index is 1.86. The van der Waals surface area contributed by atoms with Gasteiger partial charge in [-0.15, -0.1) is 0 Å². The number of non-ortho nitro benzene ring substituents is 1. The Bertz CT molecular complexity index is 719. The third-order valence-electron chi connectivity index (χ3n) is 3.65. The number of benzene rings is 2. The number of nitro groups is 1. The molecule has 0 heterocycles. The molecule has 0 atom stereocenters. The van der Waals surface area contributed by atoms with Gasteiger partial charge in [0.25, 0.3) is 5.69 Å². The minimum Gasteiger partial charge on any atom is -0.494 e. The molecule has 6 heteroatoms. The summed E-state index contributed by atoms with van der Waals surface area (Å²) in [6.45, 7) is 4.47. The van der Waals surface area contributed by atoms with Gasteiger partial charge < -0.3 is 9.53 Å². The van der Waals surface area contributed by atoms with Crippen molar-refractivity contribution in [2.75, 3.05) is 6.61 Å². The fourth-order valence-electron chi connectivity index (χ4n) is 2.27. The number of rotatable bonds is 8. The number of nitrogens with zero attached hydrogens (tertiary/aromatic N) is 1. The highest BCUT2D eigenvalue weighted by atomic mass is 28.4. The van der Waals surface area contributed by atoms with Crippen LogP contribution in [0.1, 0.15) is 17.5 Å². The molecule has 0 aliphatic carbocycles. The van der Waals surface area contributed by atoms with E-state index in [0.717, 1.165) is 29.3 Å². The molecule has 25 heavy (non-hydrogen) atoms. The van der Waals surface area contributed by atoms with Gasteiger partial charge in [-0.1, -0.05) is 24.3 Å². The Kier molecular flexibility index (Phi) is 6.49. The second kappa shape index (κ2) is 8.59. The first-order valence-electron chi connectivity index (χ1n) is 8.21. The molecule has 0 amide bonds. The van der Waals surface area contributed by atoms with Crippen LogP contribution in [-0.4, -0.2) is 24.6 Å². The van der Waals surface area contributed by atoms with Gasteiger partial charge in [0.1, 0.15) is 5.75 Å². The van der Waals surface area contributed by atoms with Gasteiger partial charge in [-0.2, -0.15) is 0 Å². The lowest BCUT2D eigenvalue weighted by atomic mass is 10.1. The number of hydrogen-bond donors (Lipinski definition) is 1. The first kappa shape index (κ1) is 18.9. The van der Waals surface area contributed by atoms with Gasteiger partial charge in [0.2, 0.25) is 0 Å².